The van der Waals surface area contributed by atoms with Gasteiger partial charge in [-0.25, -0.2) is 0 Å². The van der Waals surface area contributed by atoms with Gasteiger partial charge in [0.25, 0.3) is 5.91 Å². The van der Waals surface area contributed by atoms with Gasteiger partial charge in [0.15, 0.2) is 0 Å². The molecule has 0 radical (unpaired) electrons. The highest BCUT2D eigenvalue weighted by molar-refractivity contribution is 5.92. The van der Waals surface area contributed by atoms with Crippen LogP contribution >= 0.6 is 0 Å². The van der Waals surface area contributed by atoms with Crippen LogP contribution in [-0.4, -0.2) is 42.1 Å². The number of ether oxygens (including phenoxy) is 1. The second kappa shape index (κ2) is 5.61. The maximum Gasteiger partial charge on any atom is 0.272 e. The number of likely N-dealkylation sites (N-methyl/N-ethyl adjacent to an activating group) is 1. The first kappa shape index (κ1) is 14.1. The van der Waals surface area contributed by atoms with E-state index in [2.05, 4.69) is 4.98 Å². The smallest absolute Gasteiger partial charge is 0.272 e. The zero-order chi connectivity index (χ0) is 13.8. The molecule has 1 aromatic rings. The summed E-state index contributed by atoms with van der Waals surface area (Å²) in [6.45, 7) is 4.23. The number of aromatic nitrogens is 1. The fourth-order valence-electron chi connectivity index (χ4n) is 1.51. The highest BCUT2D eigenvalue weighted by Gasteiger charge is 2.29. The predicted octanol–water partition coefficient (Wildman–Crippen LogP) is 1.45. The number of carbonyl (C=O) groups excluding carboxylic acids is 1. The van der Waals surface area contributed by atoms with Crippen molar-refractivity contribution in [2.24, 2.45) is 0 Å². The van der Waals surface area contributed by atoms with Crippen LogP contribution in [0.25, 0.3) is 0 Å². The second-order valence-corrected chi connectivity index (χ2v) is 4.65. The quantitative estimate of drug-likeness (QED) is 0.807. The molecule has 0 aromatic carbocycles. The minimum absolute atomic E-state index is 0.228. The molecule has 5 heteroatoms. The lowest BCUT2D eigenvalue weighted by Crippen LogP contribution is -2.48. The van der Waals surface area contributed by atoms with Gasteiger partial charge in [0.2, 0.25) is 0 Å². The zero-order valence-electron chi connectivity index (χ0n) is 11.1. The van der Waals surface area contributed by atoms with Crippen molar-refractivity contribution in [2.45, 2.75) is 19.4 Å². The Morgan fingerprint density at radius 3 is 2.83 bits per heavy atom. The SMILES string of the molecule is COCC(C)(C)N(C)C(=O)c1cc(C#N)ccn1. The fraction of sp³-hybridized carbons (Fsp3) is 0.462. The molecule has 96 valence electrons. The third kappa shape index (κ3) is 3.05. The van der Waals surface area contributed by atoms with Crippen LogP contribution in [0.3, 0.4) is 0 Å². The van der Waals surface area contributed by atoms with E-state index in [1.54, 1.807) is 25.1 Å². The Bertz CT molecular complexity index is 477. The molecule has 1 heterocycles. The standard InChI is InChI=1S/C13H17N3O2/c1-13(2,9-18-4)16(3)12(17)11-7-10(8-14)5-6-15-11/h5-7H,9H2,1-4H3. The third-order valence-electron chi connectivity index (χ3n) is 2.82. The summed E-state index contributed by atoms with van der Waals surface area (Å²) in [5.41, 5.74) is 0.253. The molecular formula is C13H17N3O2. The van der Waals surface area contributed by atoms with Crippen LogP contribution in [0.2, 0.25) is 0 Å². The van der Waals surface area contributed by atoms with Crippen molar-refractivity contribution in [1.82, 2.24) is 9.88 Å². The van der Waals surface area contributed by atoms with E-state index in [1.165, 1.54) is 12.3 Å². The summed E-state index contributed by atoms with van der Waals surface area (Å²) >= 11 is 0. The van der Waals surface area contributed by atoms with E-state index in [0.717, 1.165) is 0 Å². The molecule has 0 aliphatic rings. The van der Waals surface area contributed by atoms with Crippen molar-refractivity contribution in [3.05, 3.63) is 29.6 Å². The van der Waals surface area contributed by atoms with Crippen molar-refractivity contribution in [2.75, 3.05) is 20.8 Å². The summed E-state index contributed by atoms with van der Waals surface area (Å²) in [7, 11) is 3.29. The second-order valence-electron chi connectivity index (χ2n) is 4.65. The van der Waals surface area contributed by atoms with Crippen LogP contribution in [0.4, 0.5) is 0 Å². The maximum atomic E-state index is 12.2. The van der Waals surface area contributed by atoms with Crippen LogP contribution in [-0.2, 0) is 4.74 Å². The average molecular weight is 247 g/mol. The first-order chi connectivity index (χ1) is 8.42. The topological polar surface area (TPSA) is 66.2 Å². The summed E-state index contributed by atoms with van der Waals surface area (Å²) in [6.07, 6.45) is 1.46. The number of hydrogen-bond donors (Lipinski definition) is 0. The number of methoxy groups -OCH3 is 1. The Morgan fingerprint density at radius 1 is 1.61 bits per heavy atom. The van der Waals surface area contributed by atoms with Crippen LogP contribution in [0.5, 0.6) is 0 Å². The lowest BCUT2D eigenvalue weighted by Gasteiger charge is -2.34. The van der Waals surface area contributed by atoms with Crippen molar-refractivity contribution < 1.29 is 9.53 Å². The molecule has 0 atom stereocenters. The van der Waals surface area contributed by atoms with Gasteiger partial charge in [0, 0.05) is 20.4 Å². The van der Waals surface area contributed by atoms with Crippen LogP contribution < -0.4 is 0 Å². The minimum atomic E-state index is -0.434. The lowest BCUT2D eigenvalue weighted by molar-refractivity contribution is 0.0361. The van der Waals surface area contributed by atoms with Gasteiger partial charge < -0.3 is 9.64 Å². The largest absolute Gasteiger partial charge is 0.382 e. The number of carbonyl (C=O) groups is 1. The van der Waals surface area contributed by atoms with E-state index < -0.39 is 5.54 Å². The molecule has 1 rings (SSSR count). The molecule has 0 saturated heterocycles. The number of amides is 1. The van der Waals surface area contributed by atoms with Crippen LogP contribution in [0, 0.1) is 11.3 Å². The molecule has 1 amide bonds. The van der Waals surface area contributed by atoms with Crippen LogP contribution in [0.15, 0.2) is 18.3 Å². The van der Waals surface area contributed by atoms with Crippen molar-refractivity contribution >= 4 is 5.91 Å². The fourth-order valence-corrected chi connectivity index (χ4v) is 1.51. The first-order valence-corrected chi connectivity index (χ1v) is 5.55. The van der Waals surface area contributed by atoms with Gasteiger partial charge in [0.05, 0.1) is 23.8 Å². The summed E-state index contributed by atoms with van der Waals surface area (Å²) in [6, 6.07) is 5.04. The highest BCUT2D eigenvalue weighted by atomic mass is 16.5. The average Bonchev–Trinajstić information content (AvgIpc) is 2.37. The molecule has 0 aliphatic carbocycles. The predicted molar refractivity (Wildman–Crippen MR) is 67.0 cm³/mol. The molecule has 0 saturated carbocycles. The van der Waals surface area contributed by atoms with Crippen molar-refractivity contribution in [3.8, 4) is 6.07 Å². The molecule has 0 unspecified atom stereocenters. The van der Waals surface area contributed by atoms with Gasteiger partial charge in [-0.2, -0.15) is 5.26 Å². The number of hydrogen-bond acceptors (Lipinski definition) is 4. The molecule has 0 aliphatic heterocycles. The Kier molecular flexibility index (Phi) is 4.40. The normalized spacial score (nSPS) is 10.8. The van der Waals surface area contributed by atoms with E-state index in [-0.39, 0.29) is 11.6 Å². The summed E-state index contributed by atoms with van der Waals surface area (Å²) in [5.74, 6) is -0.228. The van der Waals surface area contributed by atoms with Gasteiger partial charge >= 0.3 is 0 Å². The third-order valence-corrected chi connectivity index (χ3v) is 2.82. The maximum absolute atomic E-state index is 12.2. The van der Waals surface area contributed by atoms with Gasteiger partial charge in [0.1, 0.15) is 5.69 Å². The molecular weight excluding hydrogens is 230 g/mol. The Morgan fingerprint density at radius 2 is 2.28 bits per heavy atom. The molecule has 1 aromatic heterocycles. The Hall–Kier alpha value is -1.93. The van der Waals surface area contributed by atoms with E-state index >= 15 is 0 Å². The first-order valence-electron chi connectivity index (χ1n) is 5.55. The minimum Gasteiger partial charge on any atom is -0.382 e. The molecule has 18 heavy (non-hydrogen) atoms. The van der Waals surface area contributed by atoms with E-state index in [4.69, 9.17) is 10.00 Å². The summed E-state index contributed by atoms with van der Waals surface area (Å²) in [4.78, 5) is 17.8. The molecule has 0 bridgehead atoms. The van der Waals surface area contributed by atoms with E-state index in [9.17, 15) is 4.79 Å². The highest BCUT2D eigenvalue weighted by Crippen LogP contribution is 2.15. The number of nitrogens with zero attached hydrogens (tertiary/aromatic N) is 3. The molecule has 0 N–H and O–H groups in total. The Balaban J connectivity index is 2.96. The molecule has 5 nitrogen and oxygen atoms in total. The van der Waals surface area contributed by atoms with Gasteiger partial charge in [-0.05, 0) is 26.0 Å². The van der Waals surface area contributed by atoms with Gasteiger partial charge in [-0.15, -0.1) is 0 Å². The Labute approximate surface area is 107 Å². The number of pyridine rings is 1. The number of nitriles is 1. The summed E-state index contributed by atoms with van der Waals surface area (Å²) < 4.78 is 5.09. The van der Waals surface area contributed by atoms with Crippen molar-refractivity contribution in [1.29, 1.82) is 5.26 Å². The van der Waals surface area contributed by atoms with Gasteiger partial charge in [-0.1, -0.05) is 0 Å². The van der Waals surface area contributed by atoms with E-state index in [1.807, 2.05) is 19.9 Å². The lowest BCUT2D eigenvalue weighted by atomic mass is 10.0. The zero-order valence-corrected chi connectivity index (χ0v) is 11.1. The van der Waals surface area contributed by atoms with E-state index in [0.29, 0.717) is 12.2 Å². The summed E-state index contributed by atoms with van der Waals surface area (Å²) in [5, 5.41) is 8.80. The molecule has 0 fully saturated rings. The molecule has 0 spiro atoms. The van der Waals surface area contributed by atoms with Gasteiger partial charge in [-0.3, -0.25) is 9.78 Å². The monoisotopic (exact) mass is 247 g/mol. The van der Waals surface area contributed by atoms with Crippen LogP contribution in [0.1, 0.15) is 29.9 Å². The van der Waals surface area contributed by atoms with Crippen molar-refractivity contribution in [3.63, 3.8) is 0 Å². The number of rotatable bonds is 4.